The van der Waals surface area contributed by atoms with Crippen LogP contribution in [0.3, 0.4) is 0 Å². The van der Waals surface area contributed by atoms with Crippen molar-refractivity contribution in [1.82, 2.24) is 9.97 Å². The van der Waals surface area contributed by atoms with Crippen LogP contribution in [0.1, 0.15) is 0 Å². The van der Waals surface area contributed by atoms with Crippen LogP contribution in [0, 0.1) is 0 Å². The highest BCUT2D eigenvalue weighted by Crippen LogP contribution is 2.44. The number of amides is 4. The van der Waals surface area contributed by atoms with Crippen molar-refractivity contribution < 1.29 is 18.4 Å². The zero-order chi connectivity index (χ0) is 27.3. The Labute approximate surface area is 235 Å². The van der Waals surface area contributed by atoms with Gasteiger partial charge in [0.15, 0.2) is 0 Å². The number of furan rings is 2. The molecule has 0 radical (unpaired) electrons. The number of rotatable bonds is 7. The number of carbonyl (C=O) groups is 2. The Kier molecular flexibility index (Phi) is 7.24. The molecule has 6 rings (SSSR count). The quantitative estimate of drug-likeness (QED) is 0.142. The minimum absolute atomic E-state index is 0.351. The molecular weight excluding hydrogens is 548 g/mol. The summed E-state index contributed by atoms with van der Waals surface area (Å²) >= 11 is 0. The van der Waals surface area contributed by atoms with E-state index in [0.29, 0.717) is 23.1 Å². The van der Waals surface area contributed by atoms with Crippen LogP contribution < -0.4 is 21.3 Å². The molecule has 4 aromatic heterocycles. The van der Waals surface area contributed by atoms with Crippen molar-refractivity contribution in [3.8, 4) is 0 Å². The largest absolute Gasteiger partial charge is 0.449 e. The number of anilines is 4. The maximum absolute atomic E-state index is 12.5. The molecule has 4 heterocycles. The number of carbonyl (C=O) groups excluding carboxylic acids is 2. The van der Waals surface area contributed by atoms with Crippen molar-refractivity contribution in [3.63, 3.8) is 0 Å². The third-order valence-electron chi connectivity index (χ3n) is 5.70. The molecule has 0 spiro atoms. The maximum Gasteiger partial charge on any atom is 0.326 e. The molecule has 0 saturated carbocycles. The molecule has 0 atom stereocenters. The number of fused-ring (bicyclic) bond motifs is 2. The normalized spacial score (nSPS) is 10.9. The average Bonchev–Trinajstić information content (AvgIpc) is 3.68. The van der Waals surface area contributed by atoms with Crippen LogP contribution in [0.15, 0.2) is 116 Å². The number of aromatic nitrogens is 2. The van der Waals surface area contributed by atoms with Crippen LogP contribution in [0.5, 0.6) is 0 Å². The zero-order valence-electron chi connectivity index (χ0n) is 20.6. The van der Waals surface area contributed by atoms with Crippen molar-refractivity contribution in [2.24, 2.45) is 0 Å². The minimum Gasteiger partial charge on any atom is -0.449 e. The fourth-order valence-electron chi connectivity index (χ4n) is 3.97. The molecule has 40 heavy (non-hydrogen) atoms. The van der Waals surface area contributed by atoms with Gasteiger partial charge in [0.2, 0.25) is 11.8 Å². The van der Waals surface area contributed by atoms with Crippen LogP contribution >= 0.6 is 21.6 Å². The second kappa shape index (κ2) is 11.4. The van der Waals surface area contributed by atoms with E-state index in [2.05, 4.69) is 31.2 Å². The number of pyridine rings is 2. The minimum atomic E-state index is -0.418. The summed E-state index contributed by atoms with van der Waals surface area (Å²) in [7, 11) is 3.06. The van der Waals surface area contributed by atoms with Gasteiger partial charge in [0.05, 0.1) is 34.9 Å². The van der Waals surface area contributed by atoms with E-state index in [0.717, 1.165) is 31.6 Å². The van der Waals surface area contributed by atoms with E-state index in [4.69, 9.17) is 8.83 Å². The second-order valence-electron chi connectivity index (χ2n) is 8.30. The summed E-state index contributed by atoms with van der Waals surface area (Å²) in [6, 6.07) is 20.9. The van der Waals surface area contributed by atoms with E-state index in [-0.39, 0.29) is 0 Å². The van der Waals surface area contributed by atoms with Gasteiger partial charge in [0.25, 0.3) is 0 Å². The molecule has 4 amide bonds. The average molecular weight is 569 g/mol. The van der Waals surface area contributed by atoms with Crippen LogP contribution in [0.25, 0.3) is 21.8 Å². The van der Waals surface area contributed by atoms with Crippen molar-refractivity contribution in [2.45, 2.75) is 9.79 Å². The smallest absolute Gasteiger partial charge is 0.326 e. The van der Waals surface area contributed by atoms with Gasteiger partial charge < -0.3 is 19.5 Å². The molecule has 12 heteroatoms. The summed E-state index contributed by atoms with van der Waals surface area (Å²) in [5.41, 5.74) is 2.75. The summed E-state index contributed by atoms with van der Waals surface area (Å²) in [5, 5.41) is 12.6. The predicted molar refractivity (Wildman–Crippen MR) is 158 cm³/mol. The Morgan fingerprint density at radius 1 is 0.575 bits per heavy atom. The Morgan fingerprint density at radius 2 is 1.05 bits per heavy atom. The molecule has 0 unspecified atom stereocenters. The standard InChI is InChI=1S/C28H20N6O4S2/c35-27(33-23-7-3-15-37-23)31-19-9-11-21(25-17(19)5-1-13-29-25)39-40-22-12-10-20(18-6-2-14-30-26(18)22)32-28(36)34-24-8-4-16-38-24/h1-16H,(H2,31,33,35)(H2,32,34,36). The van der Waals surface area contributed by atoms with Gasteiger partial charge in [0, 0.05) is 45.1 Å². The van der Waals surface area contributed by atoms with Gasteiger partial charge in [0.1, 0.15) is 0 Å². The van der Waals surface area contributed by atoms with Crippen molar-refractivity contribution in [2.75, 3.05) is 21.3 Å². The van der Waals surface area contributed by atoms with E-state index in [1.807, 2.05) is 48.5 Å². The van der Waals surface area contributed by atoms with Crippen molar-refractivity contribution in [3.05, 3.63) is 97.7 Å². The Morgan fingerprint density at radius 3 is 1.48 bits per heavy atom. The second-order valence-corrected chi connectivity index (χ2v) is 10.5. The highest BCUT2D eigenvalue weighted by Gasteiger charge is 2.15. The van der Waals surface area contributed by atoms with E-state index in [1.54, 1.807) is 36.7 Å². The summed E-state index contributed by atoms with van der Waals surface area (Å²) in [4.78, 5) is 35.9. The number of nitrogens with zero attached hydrogens (tertiary/aromatic N) is 2. The van der Waals surface area contributed by atoms with E-state index in [9.17, 15) is 9.59 Å². The highest BCUT2D eigenvalue weighted by atomic mass is 33.1. The van der Waals surface area contributed by atoms with Crippen molar-refractivity contribution >= 4 is 78.6 Å². The third-order valence-corrected chi connectivity index (χ3v) is 8.13. The fraction of sp³-hybridized carbons (Fsp3) is 0. The summed E-state index contributed by atoms with van der Waals surface area (Å²) in [6.07, 6.45) is 6.41. The number of benzene rings is 2. The topological polar surface area (TPSA) is 134 Å². The first kappa shape index (κ1) is 25.3. The van der Waals surface area contributed by atoms with Crippen LogP contribution in [-0.4, -0.2) is 22.0 Å². The van der Waals surface area contributed by atoms with E-state index < -0.39 is 12.1 Å². The molecule has 10 nitrogen and oxygen atoms in total. The number of hydrogen-bond acceptors (Lipinski definition) is 8. The van der Waals surface area contributed by atoms with Gasteiger partial charge in [-0.05, 0) is 60.7 Å². The molecule has 2 aromatic carbocycles. The molecular formula is C28H20N6O4S2. The van der Waals surface area contributed by atoms with Crippen molar-refractivity contribution in [1.29, 1.82) is 0 Å². The predicted octanol–water partition coefficient (Wildman–Crippen LogP) is 8.06. The number of nitrogens with one attached hydrogen (secondary N) is 4. The third kappa shape index (κ3) is 5.58. The van der Waals surface area contributed by atoms with Gasteiger partial charge in [-0.3, -0.25) is 20.6 Å². The van der Waals surface area contributed by atoms with Crippen LogP contribution in [-0.2, 0) is 0 Å². The fourth-order valence-corrected chi connectivity index (χ4v) is 6.22. The van der Waals surface area contributed by atoms with E-state index in [1.165, 1.54) is 34.1 Å². The Balaban J connectivity index is 1.21. The highest BCUT2D eigenvalue weighted by molar-refractivity contribution is 8.76. The molecule has 4 N–H and O–H groups in total. The summed E-state index contributed by atoms with van der Waals surface area (Å²) in [6.45, 7) is 0. The maximum atomic E-state index is 12.5. The Hall–Kier alpha value is -4.94. The number of urea groups is 2. The lowest BCUT2D eigenvalue weighted by molar-refractivity contribution is 0.260. The van der Waals surface area contributed by atoms with Gasteiger partial charge in [-0.25, -0.2) is 9.59 Å². The molecule has 198 valence electrons. The summed E-state index contributed by atoms with van der Waals surface area (Å²) in [5.74, 6) is 0.701. The van der Waals surface area contributed by atoms with Gasteiger partial charge in [-0.15, -0.1) is 0 Å². The molecule has 0 aliphatic heterocycles. The van der Waals surface area contributed by atoms with E-state index >= 15 is 0 Å². The lowest BCUT2D eigenvalue weighted by Crippen LogP contribution is -2.19. The van der Waals surface area contributed by atoms with Crippen LogP contribution in [0.4, 0.5) is 32.7 Å². The summed E-state index contributed by atoms with van der Waals surface area (Å²) < 4.78 is 10.4. The lowest BCUT2D eigenvalue weighted by Gasteiger charge is -2.13. The van der Waals surface area contributed by atoms with Gasteiger partial charge in [-0.2, -0.15) is 0 Å². The first-order valence-electron chi connectivity index (χ1n) is 12.0. The first-order valence-corrected chi connectivity index (χ1v) is 14.1. The van der Waals surface area contributed by atoms with Gasteiger partial charge >= 0.3 is 12.1 Å². The first-order chi connectivity index (χ1) is 19.6. The lowest BCUT2D eigenvalue weighted by atomic mass is 10.2. The molecule has 0 aliphatic carbocycles. The Bertz CT molecular complexity index is 1680. The molecule has 0 saturated heterocycles. The molecule has 0 bridgehead atoms. The molecule has 6 aromatic rings. The molecule has 0 aliphatic rings. The van der Waals surface area contributed by atoms with Gasteiger partial charge in [-0.1, -0.05) is 21.6 Å². The zero-order valence-corrected chi connectivity index (χ0v) is 22.2. The number of hydrogen-bond donors (Lipinski definition) is 4. The SMILES string of the molecule is O=C(Nc1ccco1)Nc1ccc(SSc2ccc(NC(=O)Nc3ccco3)c3cccnc23)c2ncccc12. The van der Waals surface area contributed by atoms with Crippen LogP contribution in [0.2, 0.25) is 0 Å². The molecule has 0 fully saturated rings. The monoisotopic (exact) mass is 568 g/mol.